The first-order valence-electron chi connectivity index (χ1n) is 7.20. The van der Waals surface area contributed by atoms with Gasteiger partial charge in [-0.05, 0) is 45.0 Å². The summed E-state index contributed by atoms with van der Waals surface area (Å²) >= 11 is 0. The van der Waals surface area contributed by atoms with Crippen molar-refractivity contribution in [3.63, 3.8) is 0 Å². The largest absolute Gasteiger partial charge is 0.478 e. The summed E-state index contributed by atoms with van der Waals surface area (Å²) in [6.45, 7) is 4.58. The minimum atomic E-state index is -1.47. The summed E-state index contributed by atoms with van der Waals surface area (Å²) in [7, 11) is 0. The molecule has 21 heavy (non-hydrogen) atoms. The van der Waals surface area contributed by atoms with E-state index in [-0.39, 0.29) is 11.7 Å². The van der Waals surface area contributed by atoms with Crippen molar-refractivity contribution in [3.8, 4) is 0 Å². The first kappa shape index (κ1) is 15.7. The van der Waals surface area contributed by atoms with Gasteiger partial charge in [-0.15, -0.1) is 0 Å². The maximum Gasteiger partial charge on any atom is 0.338 e. The van der Waals surface area contributed by atoms with E-state index >= 15 is 0 Å². The highest BCUT2D eigenvalue weighted by molar-refractivity contribution is 5.88. The zero-order valence-electron chi connectivity index (χ0n) is 12.0. The number of carbonyl (C=O) groups is 1. The van der Waals surface area contributed by atoms with Crippen molar-refractivity contribution < 1.29 is 18.7 Å². The molecule has 1 atom stereocenters. The van der Waals surface area contributed by atoms with Gasteiger partial charge in [0.25, 0.3) is 0 Å². The Kier molecular flexibility index (Phi) is 5.12. The molecule has 4 nitrogen and oxygen atoms in total. The molecule has 0 aromatic heterocycles. The average Bonchev–Trinajstić information content (AvgIpc) is 2.49. The number of likely N-dealkylation sites (tertiary alicyclic amines) is 1. The topological polar surface area (TPSA) is 52.6 Å². The lowest BCUT2D eigenvalue weighted by Crippen LogP contribution is -2.41. The molecule has 0 amide bonds. The van der Waals surface area contributed by atoms with Crippen LogP contribution in [-0.2, 0) is 0 Å². The predicted molar refractivity (Wildman–Crippen MR) is 76.7 cm³/mol. The van der Waals surface area contributed by atoms with Crippen molar-refractivity contribution in [2.45, 2.75) is 32.2 Å². The Morgan fingerprint density at radius 1 is 1.29 bits per heavy atom. The lowest BCUT2D eigenvalue weighted by atomic mass is 10.1. The van der Waals surface area contributed by atoms with Crippen molar-refractivity contribution in [1.29, 1.82) is 0 Å². The molecular formula is C15H20F2N2O2. The Morgan fingerprint density at radius 2 is 1.95 bits per heavy atom. The molecule has 2 N–H and O–H groups in total. The van der Waals surface area contributed by atoms with E-state index in [1.165, 1.54) is 25.3 Å². The molecular weight excluding hydrogens is 278 g/mol. The second-order valence-corrected chi connectivity index (χ2v) is 5.42. The number of piperidine rings is 1. The molecule has 0 bridgehead atoms. The summed E-state index contributed by atoms with van der Waals surface area (Å²) in [5, 5.41) is 11.6. The van der Waals surface area contributed by atoms with Crippen LogP contribution in [0.15, 0.2) is 12.1 Å². The fourth-order valence-electron chi connectivity index (χ4n) is 2.60. The van der Waals surface area contributed by atoms with E-state index in [0.717, 1.165) is 19.2 Å². The number of hydrogen-bond donors (Lipinski definition) is 2. The Morgan fingerprint density at radius 3 is 2.57 bits per heavy atom. The molecule has 6 heteroatoms. The van der Waals surface area contributed by atoms with E-state index in [4.69, 9.17) is 5.11 Å². The number of carboxylic acids is 1. The molecule has 0 radical (unpaired) electrons. The van der Waals surface area contributed by atoms with Crippen molar-refractivity contribution in [2.24, 2.45) is 0 Å². The third-order valence-electron chi connectivity index (χ3n) is 3.91. The van der Waals surface area contributed by atoms with E-state index in [1.54, 1.807) is 0 Å². The lowest BCUT2D eigenvalue weighted by molar-refractivity contribution is 0.0690. The minimum absolute atomic E-state index is 0.00126. The molecule has 0 aliphatic carbocycles. The van der Waals surface area contributed by atoms with Gasteiger partial charge in [-0.25, -0.2) is 13.6 Å². The summed E-state index contributed by atoms with van der Waals surface area (Å²) in [5.41, 5.74) is -0.650. The summed E-state index contributed by atoms with van der Waals surface area (Å²) in [6.07, 6.45) is 3.58. The SMILES string of the molecule is CC(CNc1ccc(C(=O)O)c(F)c1F)N1CCCCC1. The second kappa shape index (κ2) is 6.85. The van der Waals surface area contributed by atoms with E-state index in [0.29, 0.717) is 6.54 Å². The Bertz CT molecular complexity index is 517. The van der Waals surface area contributed by atoms with Crippen LogP contribution in [0.2, 0.25) is 0 Å². The van der Waals surface area contributed by atoms with Gasteiger partial charge >= 0.3 is 5.97 Å². The summed E-state index contributed by atoms with van der Waals surface area (Å²) < 4.78 is 27.4. The van der Waals surface area contributed by atoms with Gasteiger partial charge in [0.05, 0.1) is 11.3 Å². The smallest absolute Gasteiger partial charge is 0.338 e. The van der Waals surface area contributed by atoms with Gasteiger partial charge in [-0.3, -0.25) is 4.90 Å². The second-order valence-electron chi connectivity index (χ2n) is 5.42. The van der Waals surface area contributed by atoms with Gasteiger partial charge < -0.3 is 10.4 Å². The molecule has 1 saturated heterocycles. The van der Waals surface area contributed by atoms with Crippen LogP contribution in [-0.4, -0.2) is 41.7 Å². The Balaban J connectivity index is 1.99. The first-order chi connectivity index (χ1) is 10.0. The van der Waals surface area contributed by atoms with Gasteiger partial charge in [-0.1, -0.05) is 6.42 Å². The van der Waals surface area contributed by atoms with Crippen molar-refractivity contribution in [3.05, 3.63) is 29.3 Å². The van der Waals surface area contributed by atoms with Crippen LogP contribution in [0.4, 0.5) is 14.5 Å². The van der Waals surface area contributed by atoms with Gasteiger partial charge in [0.15, 0.2) is 11.6 Å². The third-order valence-corrected chi connectivity index (χ3v) is 3.91. The first-order valence-corrected chi connectivity index (χ1v) is 7.20. The van der Waals surface area contributed by atoms with Crippen LogP contribution < -0.4 is 5.32 Å². The highest BCUT2D eigenvalue weighted by Gasteiger charge is 2.20. The minimum Gasteiger partial charge on any atom is -0.478 e. The molecule has 116 valence electrons. The molecule has 1 aliphatic heterocycles. The summed E-state index contributed by atoms with van der Waals surface area (Å²) in [5.74, 6) is -3.93. The molecule has 0 spiro atoms. The molecule has 1 fully saturated rings. The number of aromatic carboxylic acids is 1. The third kappa shape index (κ3) is 3.69. The number of hydrogen-bond acceptors (Lipinski definition) is 3. The van der Waals surface area contributed by atoms with E-state index in [1.807, 2.05) is 6.92 Å². The molecule has 1 heterocycles. The fraction of sp³-hybridized carbons (Fsp3) is 0.533. The number of nitrogens with zero attached hydrogens (tertiary/aromatic N) is 1. The summed E-state index contributed by atoms with van der Waals surface area (Å²) in [4.78, 5) is 13.0. The maximum absolute atomic E-state index is 13.8. The van der Waals surface area contributed by atoms with Crippen LogP contribution in [0.3, 0.4) is 0 Å². The maximum atomic E-state index is 13.8. The van der Waals surface area contributed by atoms with Crippen molar-refractivity contribution in [2.75, 3.05) is 25.0 Å². The number of anilines is 1. The highest BCUT2D eigenvalue weighted by Crippen LogP contribution is 2.21. The zero-order valence-corrected chi connectivity index (χ0v) is 12.0. The number of rotatable bonds is 5. The van der Waals surface area contributed by atoms with E-state index in [9.17, 15) is 13.6 Å². The quantitative estimate of drug-likeness (QED) is 0.877. The molecule has 1 aromatic rings. The Labute approximate surface area is 122 Å². The van der Waals surface area contributed by atoms with E-state index in [2.05, 4.69) is 10.2 Å². The molecule has 0 saturated carbocycles. The summed E-state index contributed by atoms with van der Waals surface area (Å²) in [6, 6.07) is 2.56. The predicted octanol–water partition coefficient (Wildman–Crippen LogP) is 2.95. The van der Waals surface area contributed by atoms with Gasteiger partial charge in [0.2, 0.25) is 0 Å². The number of nitrogens with one attached hydrogen (secondary N) is 1. The van der Waals surface area contributed by atoms with Gasteiger partial charge in [0, 0.05) is 12.6 Å². The normalized spacial score (nSPS) is 17.5. The van der Waals surface area contributed by atoms with E-state index < -0.39 is 23.2 Å². The van der Waals surface area contributed by atoms with Gasteiger partial charge in [0.1, 0.15) is 0 Å². The van der Waals surface area contributed by atoms with Crippen molar-refractivity contribution in [1.82, 2.24) is 4.90 Å². The van der Waals surface area contributed by atoms with Crippen molar-refractivity contribution >= 4 is 11.7 Å². The number of carboxylic acid groups (broad SMARTS) is 1. The monoisotopic (exact) mass is 298 g/mol. The van der Waals surface area contributed by atoms with Crippen LogP contribution in [0.25, 0.3) is 0 Å². The highest BCUT2D eigenvalue weighted by atomic mass is 19.2. The fourth-order valence-corrected chi connectivity index (χ4v) is 2.60. The average molecular weight is 298 g/mol. The molecule has 2 rings (SSSR count). The molecule has 1 unspecified atom stereocenters. The number of halogens is 2. The standard InChI is InChI=1S/C15H20F2N2O2/c1-10(19-7-3-2-4-8-19)9-18-12-6-5-11(15(20)21)13(16)14(12)17/h5-6,10,18H,2-4,7-9H2,1H3,(H,20,21). The van der Waals surface area contributed by atoms with Crippen LogP contribution >= 0.6 is 0 Å². The van der Waals surface area contributed by atoms with Crippen LogP contribution in [0.5, 0.6) is 0 Å². The van der Waals surface area contributed by atoms with Crippen LogP contribution in [0.1, 0.15) is 36.5 Å². The zero-order chi connectivity index (χ0) is 15.4. The number of benzene rings is 1. The molecule has 1 aliphatic rings. The lowest BCUT2D eigenvalue weighted by Gasteiger charge is -2.32. The van der Waals surface area contributed by atoms with Crippen LogP contribution in [0, 0.1) is 11.6 Å². The Hall–Kier alpha value is -1.69. The molecule has 1 aromatic carbocycles. The van der Waals surface area contributed by atoms with Gasteiger partial charge in [-0.2, -0.15) is 0 Å².